The fourth-order valence-electron chi connectivity index (χ4n) is 2.44. The molecule has 0 amide bonds. The molecule has 0 fully saturated rings. The van der Waals surface area contributed by atoms with Crippen LogP contribution in [0.5, 0.6) is 0 Å². The molecule has 19 heavy (non-hydrogen) atoms. The van der Waals surface area contributed by atoms with E-state index >= 15 is 0 Å². The van der Waals surface area contributed by atoms with E-state index in [-0.39, 0.29) is 12.1 Å². The van der Waals surface area contributed by atoms with Gasteiger partial charge in [-0.15, -0.1) is 0 Å². The van der Waals surface area contributed by atoms with Crippen molar-refractivity contribution in [3.05, 3.63) is 18.2 Å². The van der Waals surface area contributed by atoms with Crippen LogP contribution in [0.2, 0.25) is 0 Å². The van der Waals surface area contributed by atoms with E-state index in [1.807, 2.05) is 6.20 Å². The summed E-state index contributed by atoms with van der Waals surface area (Å²) < 4.78 is 2.26. The van der Waals surface area contributed by atoms with Crippen molar-refractivity contribution in [2.45, 2.75) is 65.0 Å². The van der Waals surface area contributed by atoms with Gasteiger partial charge in [-0.25, -0.2) is 4.98 Å². The summed E-state index contributed by atoms with van der Waals surface area (Å²) in [6.07, 6.45) is 9.41. The predicted molar refractivity (Wildman–Crippen MR) is 79.2 cm³/mol. The molecule has 4 heteroatoms. The smallest absolute Gasteiger partial charge is 0.108 e. The highest BCUT2D eigenvalue weighted by Crippen LogP contribution is 2.14. The van der Waals surface area contributed by atoms with Gasteiger partial charge < -0.3 is 15.0 Å². The molecule has 4 nitrogen and oxygen atoms in total. The molecule has 1 aromatic heterocycles. The first-order valence-electron chi connectivity index (χ1n) is 7.51. The van der Waals surface area contributed by atoms with Gasteiger partial charge in [0.2, 0.25) is 0 Å². The first kappa shape index (κ1) is 16.2. The van der Waals surface area contributed by atoms with Crippen LogP contribution in [0, 0.1) is 0 Å². The number of nitrogens with zero attached hydrogens (tertiary/aromatic N) is 2. The SMILES string of the molecule is CCCc1nccn1CCCCC(C)(CO)NCC. The third-order valence-electron chi connectivity index (χ3n) is 3.61. The van der Waals surface area contributed by atoms with Crippen LogP contribution in [-0.4, -0.2) is 33.3 Å². The van der Waals surface area contributed by atoms with Crippen LogP contribution in [0.15, 0.2) is 12.4 Å². The summed E-state index contributed by atoms with van der Waals surface area (Å²) in [7, 11) is 0. The number of hydrogen-bond acceptors (Lipinski definition) is 3. The summed E-state index contributed by atoms with van der Waals surface area (Å²) in [5.74, 6) is 1.19. The molecule has 0 aliphatic carbocycles. The van der Waals surface area contributed by atoms with Gasteiger partial charge in [0, 0.05) is 30.9 Å². The first-order chi connectivity index (χ1) is 9.15. The van der Waals surface area contributed by atoms with Crippen LogP contribution in [-0.2, 0) is 13.0 Å². The largest absolute Gasteiger partial charge is 0.394 e. The molecule has 0 aromatic carbocycles. The molecular weight excluding hydrogens is 238 g/mol. The summed E-state index contributed by atoms with van der Waals surface area (Å²) in [5, 5.41) is 12.8. The maximum absolute atomic E-state index is 9.44. The van der Waals surface area contributed by atoms with Gasteiger partial charge in [-0.05, 0) is 39.2 Å². The van der Waals surface area contributed by atoms with Crippen molar-refractivity contribution in [1.82, 2.24) is 14.9 Å². The van der Waals surface area contributed by atoms with Crippen LogP contribution in [0.4, 0.5) is 0 Å². The number of hydrogen-bond donors (Lipinski definition) is 2. The molecule has 0 bridgehead atoms. The molecule has 1 aromatic rings. The molecule has 1 heterocycles. The highest BCUT2D eigenvalue weighted by atomic mass is 16.3. The number of aromatic nitrogens is 2. The lowest BCUT2D eigenvalue weighted by Crippen LogP contribution is -2.45. The van der Waals surface area contributed by atoms with Crippen LogP contribution in [0.3, 0.4) is 0 Å². The molecule has 2 N–H and O–H groups in total. The number of imidazole rings is 1. The Morgan fingerprint density at radius 1 is 1.37 bits per heavy atom. The van der Waals surface area contributed by atoms with Crippen molar-refractivity contribution in [1.29, 1.82) is 0 Å². The Morgan fingerprint density at radius 2 is 2.16 bits per heavy atom. The van der Waals surface area contributed by atoms with Gasteiger partial charge >= 0.3 is 0 Å². The van der Waals surface area contributed by atoms with Crippen LogP contribution in [0.25, 0.3) is 0 Å². The highest BCUT2D eigenvalue weighted by Gasteiger charge is 2.20. The van der Waals surface area contributed by atoms with Gasteiger partial charge in [0.15, 0.2) is 0 Å². The minimum Gasteiger partial charge on any atom is -0.394 e. The van der Waals surface area contributed by atoms with Crippen LogP contribution >= 0.6 is 0 Å². The van der Waals surface area contributed by atoms with Crippen molar-refractivity contribution in [2.24, 2.45) is 0 Å². The normalized spacial score (nSPS) is 14.5. The summed E-state index contributed by atoms with van der Waals surface area (Å²) >= 11 is 0. The molecule has 110 valence electrons. The third kappa shape index (κ3) is 5.33. The number of aliphatic hydroxyl groups is 1. The van der Waals surface area contributed by atoms with E-state index in [2.05, 4.69) is 41.8 Å². The lowest BCUT2D eigenvalue weighted by molar-refractivity contribution is 0.164. The first-order valence-corrected chi connectivity index (χ1v) is 7.51. The second-order valence-electron chi connectivity index (χ2n) is 5.49. The lowest BCUT2D eigenvalue weighted by Gasteiger charge is -2.28. The topological polar surface area (TPSA) is 50.1 Å². The Bertz CT molecular complexity index is 351. The minimum absolute atomic E-state index is 0.129. The number of aryl methyl sites for hydroxylation is 2. The number of aliphatic hydroxyl groups excluding tert-OH is 1. The molecule has 0 aliphatic rings. The van der Waals surface area contributed by atoms with Gasteiger partial charge in [-0.1, -0.05) is 13.8 Å². The average Bonchev–Trinajstić information content (AvgIpc) is 2.83. The monoisotopic (exact) mass is 267 g/mol. The Kier molecular flexibility index (Phi) is 7.10. The van der Waals surface area contributed by atoms with Crippen molar-refractivity contribution in [2.75, 3.05) is 13.2 Å². The van der Waals surface area contributed by atoms with Gasteiger partial charge in [0.05, 0.1) is 6.61 Å². The quantitative estimate of drug-likeness (QED) is 0.640. The fraction of sp³-hybridized carbons (Fsp3) is 0.800. The lowest BCUT2D eigenvalue weighted by atomic mass is 9.96. The molecule has 0 radical (unpaired) electrons. The van der Waals surface area contributed by atoms with E-state index in [9.17, 15) is 5.11 Å². The molecule has 0 saturated heterocycles. The summed E-state index contributed by atoms with van der Waals surface area (Å²) in [5.41, 5.74) is -0.129. The molecule has 0 spiro atoms. The van der Waals surface area contributed by atoms with Crippen molar-refractivity contribution < 1.29 is 5.11 Å². The van der Waals surface area contributed by atoms with E-state index in [0.717, 1.165) is 45.2 Å². The van der Waals surface area contributed by atoms with E-state index in [0.29, 0.717) is 0 Å². The maximum atomic E-state index is 9.44. The zero-order valence-electron chi connectivity index (χ0n) is 12.7. The Hall–Kier alpha value is -0.870. The minimum atomic E-state index is -0.129. The predicted octanol–water partition coefficient (Wildman–Crippen LogP) is 2.37. The molecular formula is C15H29N3O. The van der Waals surface area contributed by atoms with Crippen LogP contribution < -0.4 is 5.32 Å². The summed E-state index contributed by atoms with van der Waals surface area (Å²) in [4.78, 5) is 4.39. The summed E-state index contributed by atoms with van der Waals surface area (Å²) in [6.45, 7) is 8.49. The van der Waals surface area contributed by atoms with Gasteiger partial charge in [0.25, 0.3) is 0 Å². The Balaban J connectivity index is 2.31. The standard InChI is InChI=1S/C15H29N3O/c1-4-8-14-16-10-12-18(14)11-7-6-9-15(3,13-19)17-5-2/h10,12,17,19H,4-9,11,13H2,1-3H3. The third-order valence-corrected chi connectivity index (χ3v) is 3.61. The van der Waals surface area contributed by atoms with E-state index < -0.39 is 0 Å². The van der Waals surface area contributed by atoms with E-state index in [1.54, 1.807) is 0 Å². The van der Waals surface area contributed by atoms with Gasteiger partial charge in [-0.3, -0.25) is 0 Å². The van der Waals surface area contributed by atoms with E-state index in [1.165, 1.54) is 5.82 Å². The molecule has 0 saturated carbocycles. The number of unbranched alkanes of at least 4 members (excludes halogenated alkanes) is 1. The van der Waals surface area contributed by atoms with Crippen molar-refractivity contribution in [3.8, 4) is 0 Å². The molecule has 0 aliphatic heterocycles. The zero-order valence-corrected chi connectivity index (χ0v) is 12.7. The molecule has 1 atom stereocenters. The number of likely N-dealkylation sites (N-methyl/N-ethyl adjacent to an activating group) is 1. The van der Waals surface area contributed by atoms with Gasteiger partial charge in [0.1, 0.15) is 5.82 Å². The van der Waals surface area contributed by atoms with Crippen molar-refractivity contribution >= 4 is 0 Å². The Labute approximate surface area is 117 Å². The maximum Gasteiger partial charge on any atom is 0.108 e. The zero-order chi connectivity index (χ0) is 14.1. The second kappa shape index (κ2) is 8.33. The van der Waals surface area contributed by atoms with Gasteiger partial charge in [-0.2, -0.15) is 0 Å². The Morgan fingerprint density at radius 3 is 2.79 bits per heavy atom. The van der Waals surface area contributed by atoms with Crippen molar-refractivity contribution in [3.63, 3.8) is 0 Å². The second-order valence-corrected chi connectivity index (χ2v) is 5.49. The highest BCUT2D eigenvalue weighted by molar-refractivity contribution is 4.92. The van der Waals surface area contributed by atoms with E-state index in [4.69, 9.17) is 0 Å². The number of rotatable bonds is 10. The molecule has 1 unspecified atom stereocenters. The van der Waals surface area contributed by atoms with Crippen LogP contribution in [0.1, 0.15) is 52.3 Å². The summed E-state index contributed by atoms with van der Waals surface area (Å²) in [6, 6.07) is 0. The average molecular weight is 267 g/mol. The number of nitrogens with one attached hydrogen (secondary N) is 1. The fourth-order valence-corrected chi connectivity index (χ4v) is 2.44. The molecule has 1 rings (SSSR count).